The molecular formula is C10H13N3O7. The monoisotopic (exact) mass is 287 g/mol. The Morgan fingerprint density at radius 2 is 1.75 bits per heavy atom. The number of nitro groups is 1. The molecule has 1 unspecified atom stereocenters. The van der Waals surface area contributed by atoms with Crippen LogP contribution in [0.25, 0.3) is 0 Å². The van der Waals surface area contributed by atoms with Gasteiger partial charge in [0.1, 0.15) is 11.8 Å². The lowest BCUT2D eigenvalue weighted by Crippen LogP contribution is -2.60. The van der Waals surface area contributed by atoms with Gasteiger partial charge in [0.05, 0.1) is 7.11 Å². The minimum absolute atomic E-state index is 0.641. The van der Waals surface area contributed by atoms with Crippen molar-refractivity contribution in [3.63, 3.8) is 0 Å². The highest BCUT2D eigenvalue weighted by Gasteiger charge is 2.51. The molecule has 1 atom stereocenters. The SMILES string of the molecule is COC(=O)C(C[N+](=O)[O-])C1C(=O)N(C)C(=O)N(C)C1=O. The molecule has 0 N–H and O–H groups in total. The summed E-state index contributed by atoms with van der Waals surface area (Å²) in [5.41, 5.74) is 0. The lowest BCUT2D eigenvalue weighted by Gasteiger charge is -2.34. The van der Waals surface area contributed by atoms with Gasteiger partial charge in [0.15, 0.2) is 0 Å². The molecule has 0 aromatic heterocycles. The summed E-state index contributed by atoms with van der Waals surface area (Å²) in [5, 5.41) is 10.6. The van der Waals surface area contributed by atoms with Crippen LogP contribution < -0.4 is 0 Å². The smallest absolute Gasteiger partial charge is 0.332 e. The van der Waals surface area contributed by atoms with Crippen LogP contribution in [0.5, 0.6) is 0 Å². The maximum absolute atomic E-state index is 12.0. The number of methoxy groups -OCH3 is 1. The number of hydrogen-bond acceptors (Lipinski definition) is 7. The minimum atomic E-state index is -1.64. The molecular weight excluding hydrogens is 274 g/mol. The van der Waals surface area contributed by atoms with Crippen molar-refractivity contribution in [2.75, 3.05) is 27.7 Å². The van der Waals surface area contributed by atoms with Crippen LogP contribution >= 0.6 is 0 Å². The van der Waals surface area contributed by atoms with Gasteiger partial charge in [0.2, 0.25) is 18.4 Å². The van der Waals surface area contributed by atoms with Crippen molar-refractivity contribution in [1.82, 2.24) is 9.80 Å². The molecule has 10 nitrogen and oxygen atoms in total. The number of hydrogen-bond donors (Lipinski definition) is 0. The van der Waals surface area contributed by atoms with E-state index in [9.17, 15) is 29.3 Å². The average molecular weight is 287 g/mol. The molecule has 0 aromatic rings. The highest BCUT2D eigenvalue weighted by molar-refractivity contribution is 6.17. The first-order chi connectivity index (χ1) is 9.22. The van der Waals surface area contributed by atoms with Crippen LogP contribution in [0.1, 0.15) is 0 Å². The second kappa shape index (κ2) is 5.63. The minimum Gasteiger partial charge on any atom is -0.469 e. The Bertz CT molecular complexity index is 465. The van der Waals surface area contributed by atoms with Crippen molar-refractivity contribution in [3.8, 4) is 0 Å². The highest BCUT2D eigenvalue weighted by Crippen LogP contribution is 2.24. The molecule has 4 amide bonds. The Balaban J connectivity index is 3.19. The summed E-state index contributed by atoms with van der Waals surface area (Å²) in [4.78, 5) is 58.1. The number of carbonyl (C=O) groups is 4. The molecule has 0 radical (unpaired) electrons. The third-order valence-electron chi connectivity index (χ3n) is 3.02. The molecule has 1 fully saturated rings. The van der Waals surface area contributed by atoms with E-state index < -0.39 is 47.1 Å². The van der Waals surface area contributed by atoms with E-state index in [1.807, 2.05) is 0 Å². The van der Waals surface area contributed by atoms with Gasteiger partial charge in [-0.3, -0.25) is 34.3 Å². The normalized spacial score (nSPS) is 18.2. The van der Waals surface area contributed by atoms with Crippen molar-refractivity contribution in [2.24, 2.45) is 11.8 Å². The number of imide groups is 2. The van der Waals surface area contributed by atoms with Gasteiger partial charge in [-0.2, -0.15) is 0 Å². The Kier molecular flexibility index (Phi) is 4.38. The zero-order valence-electron chi connectivity index (χ0n) is 11.1. The summed E-state index contributed by atoms with van der Waals surface area (Å²) in [5.74, 6) is -6.19. The maximum Gasteiger partial charge on any atom is 0.332 e. The summed E-state index contributed by atoms with van der Waals surface area (Å²) >= 11 is 0. The van der Waals surface area contributed by atoms with E-state index in [2.05, 4.69) is 4.74 Å². The van der Waals surface area contributed by atoms with E-state index in [1.165, 1.54) is 0 Å². The van der Waals surface area contributed by atoms with E-state index in [0.717, 1.165) is 21.2 Å². The number of amides is 4. The van der Waals surface area contributed by atoms with Crippen molar-refractivity contribution >= 4 is 23.8 Å². The van der Waals surface area contributed by atoms with Crippen molar-refractivity contribution < 1.29 is 28.8 Å². The zero-order chi connectivity index (χ0) is 15.6. The average Bonchev–Trinajstić information content (AvgIpc) is 2.40. The lowest BCUT2D eigenvalue weighted by atomic mass is 9.88. The van der Waals surface area contributed by atoms with Crippen LogP contribution in [0.2, 0.25) is 0 Å². The molecule has 20 heavy (non-hydrogen) atoms. The Morgan fingerprint density at radius 3 is 2.10 bits per heavy atom. The summed E-state index contributed by atoms with van der Waals surface area (Å²) in [6, 6.07) is -0.860. The second-order valence-corrected chi connectivity index (χ2v) is 4.20. The highest BCUT2D eigenvalue weighted by atomic mass is 16.6. The Morgan fingerprint density at radius 1 is 1.30 bits per heavy atom. The summed E-state index contributed by atoms with van der Waals surface area (Å²) in [6.07, 6.45) is 0. The van der Waals surface area contributed by atoms with E-state index in [1.54, 1.807) is 0 Å². The fourth-order valence-corrected chi connectivity index (χ4v) is 1.91. The van der Waals surface area contributed by atoms with Gasteiger partial charge in [0.25, 0.3) is 0 Å². The molecule has 1 aliphatic heterocycles. The summed E-state index contributed by atoms with van der Waals surface area (Å²) < 4.78 is 4.39. The molecule has 1 aliphatic rings. The molecule has 1 heterocycles. The van der Waals surface area contributed by atoms with E-state index in [0.29, 0.717) is 9.80 Å². The number of nitrogens with zero attached hydrogens (tertiary/aromatic N) is 3. The van der Waals surface area contributed by atoms with Crippen molar-refractivity contribution in [2.45, 2.75) is 0 Å². The quantitative estimate of drug-likeness (QED) is 0.272. The van der Waals surface area contributed by atoms with Crippen molar-refractivity contribution in [3.05, 3.63) is 10.1 Å². The first kappa shape index (κ1) is 15.5. The van der Waals surface area contributed by atoms with Gasteiger partial charge in [-0.05, 0) is 0 Å². The van der Waals surface area contributed by atoms with E-state index in [4.69, 9.17) is 0 Å². The van der Waals surface area contributed by atoms with E-state index >= 15 is 0 Å². The molecule has 1 saturated heterocycles. The van der Waals surface area contributed by atoms with Gasteiger partial charge < -0.3 is 4.74 Å². The molecule has 1 rings (SSSR count). The molecule has 0 aliphatic carbocycles. The molecule has 0 bridgehead atoms. The maximum atomic E-state index is 12.0. The first-order valence-corrected chi connectivity index (χ1v) is 5.51. The van der Waals surface area contributed by atoms with Crippen LogP contribution in [0.15, 0.2) is 0 Å². The van der Waals surface area contributed by atoms with Gasteiger partial charge in [0, 0.05) is 19.0 Å². The van der Waals surface area contributed by atoms with Crippen molar-refractivity contribution in [1.29, 1.82) is 0 Å². The van der Waals surface area contributed by atoms with Gasteiger partial charge in [-0.25, -0.2) is 4.79 Å². The van der Waals surface area contributed by atoms with Crippen LogP contribution in [0, 0.1) is 22.0 Å². The topological polar surface area (TPSA) is 127 Å². The van der Waals surface area contributed by atoms with E-state index in [-0.39, 0.29) is 0 Å². The number of ether oxygens (including phenoxy) is 1. The number of esters is 1. The molecule has 0 saturated carbocycles. The third kappa shape index (κ3) is 2.58. The summed E-state index contributed by atoms with van der Waals surface area (Å²) in [7, 11) is 3.24. The largest absolute Gasteiger partial charge is 0.469 e. The third-order valence-corrected chi connectivity index (χ3v) is 3.02. The Hall–Kier alpha value is -2.52. The van der Waals surface area contributed by atoms with Crippen LogP contribution in [-0.2, 0) is 19.1 Å². The Labute approximate surface area is 113 Å². The predicted octanol–water partition coefficient (Wildman–Crippen LogP) is -1.28. The molecule has 10 heteroatoms. The zero-order valence-corrected chi connectivity index (χ0v) is 11.1. The fraction of sp³-hybridized carbons (Fsp3) is 0.600. The summed E-state index contributed by atoms with van der Waals surface area (Å²) in [6.45, 7) is -0.940. The molecule has 0 spiro atoms. The van der Waals surface area contributed by atoms with Gasteiger partial charge >= 0.3 is 12.0 Å². The van der Waals surface area contributed by atoms with Crippen LogP contribution in [0.3, 0.4) is 0 Å². The van der Waals surface area contributed by atoms with Crippen LogP contribution in [-0.4, -0.2) is 66.3 Å². The van der Waals surface area contributed by atoms with Gasteiger partial charge in [-0.15, -0.1) is 0 Å². The molecule has 0 aromatic carbocycles. The number of carbonyl (C=O) groups excluding carboxylic acids is 4. The van der Waals surface area contributed by atoms with Crippen LogP contribution in [0.4, 0.5) is 4.79 Å². The number of rotatable bonds is 4. The fourth-order valence-electron chi connectivity index (χ4n) is 1.91. The lowest BCUT2D eigenvalue weighted by molar-refractivity contribution is -0.487. The number of barbiturate groups is 1. The second-order valence-electron chi connectivity index (χ2n) is 4.20. The predicted molar refractivity (Wildman–Crippen MR) is 61.8 cm³/mol. The molecule has 110 valence electrons. The van der Waals surface area contributed by atoms with Gasteiger partial charge in [-0.1, -0.05) is 0 Å². The standard InChI is InChI=1S/C10H13N3O7/c1-11-7(14)6(8(15)12(2)10(11)17)5(4-13(18)19)9(16)20-3/h5-6H,4H2,1-3H3. The first-order valence-electron chi connectivity index (χ1n) is 5.51. The number of urea groups is 1.